The number of aromatic nitrogens is 1. The van der Waals surface area contributed by atoms with Crippen LogP contribution in [0.15, 0.2) is 46.0 Å². The number of anilines is 1. The smallest absolute Gasteiger partial charge is 0.263 e. The standard InChI is InChI=1S/C13H12BrN3O2S2/c1-8-2-3-9(13(15)20)4-12(8)17-21(18,19)11-5-10(14)6-16-7-11/h2-7,17H,1H3,(H2,15,20). The van der Waals surface area contributed by atoms with E-state index in [4.69, 9.17) is 18.0 Å². The van der Waals surface area contributed by atoms with E-state index in [1.165, 1.54) is 18.5 Å². The number of sulfonamides is 1. The molecule has 0 spiro atoms. The van der Waals surface area contributed by atoms with E-state index in [0.717, 1.165) is 5.56 Å². The average Bonchev–Trinajstić information content (AvgIpc) is 2.41. The summed E-state index contributed by atoms with van der Waals surface area (Å²) in [7, 11) is -3.73. The van der Waals surface area contributed by atoms with Crippen molar-refractivity contribution >= 4 is 48.8 Å². The number of nitrogens with two attached hydrogens (primary N) is 1. The molecule has 0 radical (unpaired) electrons. The van der Waals surface area contributed by atoms with Crippen LogP contribution in [0.4, 0.5) is 5.69 Å². The molecule has 0 aliphatic heterocycles. The zero-order valence-corrected chi connectivity index (χ0v) is 14.2. The lowest BCUT2D eigenvalue weighted by molar-refractivity contribution is 0.600. The highest BCUT2D eigenvalue weighted by atomic mass is 79.9. The number of hydrogen-bond acceptors (Lipinski definition) is 4. The molecule has 2 rings (SSSR count). The second kappa shape index (κ2) is 6.08. The summed E-state index contributed by atoms with van der Waals surface area (Å²) >= 11 is 8.10. The maximum atomic E-state index is 12.4. The zero-order valence-electron chi connectivity index (χ0n) is 11.0. The number of pyridine rings is 1. The van der Waals surface area contributed by atoms with Crippen molar-refractivity contribution < 1.29 is 8.42 Å². The highest BCUT2D eigenvalue weighted by Crippen LogP contribution is 2.22. The number of rotatable bonds is 4. The molecule has 3 N–H and O–H groups in total. The van der Waals surface area contributed by atoms with Crippen LogP contribution < -0.4 is 10.5 Å². The molecule has 110 valence electrons. The van der Waals surface area contributed by atoms with Crippen molar-refractivity contribution in [2.45, 2.75) is 11.8 Å². The van der Waals surface area contributed by atoms with Gasteiger partial charge in [0, 0.05) is 22.4 Å². The van der Waals surface area contributed by atoms with Crippen LogP contribution >= 0.6 is 28.1 Å². The normalized spacial score (nSPS) is 11.1. The van der Waals surface area contributed by atoms with Gasteiger partial charge < -0.3 is 5.73 Å². The van der Waals surface area contributed by atoms with Gasteiger partial charge in [-0.15, -0.1) is 0 Å². The predicted octanol–water partition coefficient (Wildman–Crippen LogP) is 2.59. The van der Waals surface area contributed by atoms with Crippen molar-refractivity contribution in [1.29, 1.82) is 0 Å². The molecule has 0 atom stereocenters. The summed E-state index contributed by atoms with van der Waals surface area (Å²) in [6.45, 7) is 1.79. The Bertz CT molecular complexity index is 807. The van der Waals surface area contributed by atoms with Crippen molar-refractivity contribution in [1.82, 2.24) is 4.98 Å². The quantitative estimate of drug-likeness (QED) is 0.789. The van der Waals surface area contributed by atoms with Gasteiger partial charge in [0.15, 0.2) is 0 Å². The predicted molar refractivity (Wildman–Crippen MR) is 89.8 cm³/mol. The van der Waals surface area contributed by atoms with E-state index in [1.807, 2.05) is 0 Å². The third kappa shape index (κ3) is 3.78. The van der Waals surface area contributed by atoms with Crippen molar-refractivity contribution in [2.75, 3.05) is 4.72 Å². The summed E-state index contributed by atoms with van der Waals surface area (Å²) in [6, 6.07) is 6.59. The summed E-state index contributed by atoms with van der Waals surface area (Å²) in [5.74, 6) is 0. The van der Waals surface area contributed by atoms with Gasteiger partial charge in [0.05, 0.1) is 5.69 Å². The minimum absolute atomic E-state index is 0.0667. The Morgan fingerprint density at radius 3 is 2.67 bits per heavy atom. The van der Waals surface area contributed by atoms with Crippen molar-refractivity contribution in [3.8, 4) is 0 Å². The van der Waals surface area contributed by atoms with Gasteiger partial charge in [0.25, 0.3) is 10.0 Å². The van der Waals surface area contributed by atoms with Crippen molar-refractivity contribution in [3.05, 3.63) is 52.3 Å². The molecule has 0 bridgehead atoms. The second-order valence-electron chi connectivity index (χ2n) is 4.34. The Labute approximate surface area is 136 Å². The lowest BCUT2D eigenvalue weighted by atomic mass is 10.1. The van der Waals surface area contributed by atoms with Gasteiger partial charge in [-0.1, -0.05) is 24.4 Å². The third-order valence-electron chi connectivity index (χ3n) is 2.76. The molecule has 0 unspecified atom stereocenters. The van der Waals surface area contributed by atoms with Crippen LogP contribution in [-0.2, 0) is 10.0 Å². The minimum Gasteiger partial charge on any atom is -0.389 e. The second-order valence-corrected chi connectivity index (χ2v) is 7.38. The molecule has 0 saturated heterocycles. The van der Waals surface area contributed by atoms with Crippen LogP contribution in [-0.4, -0.2) is 18.4 Å². The van der Waals surface area contributed by atoms with Crippen molar-refractivity contribution in [2.24, 2.45) is 5.73 Å². The monoisotopic (exact) mass is 385 g/mol. The molecule has 1 heterocycles. The van der Waals surface area contributed by atoms with Crippen LogP contribution in [0.1, 0.15) is 11.1 Å². The minimum atomic E-state index is -3.73. The van der Waals surface area contributed by atoms with E-state index in [-0.39, 0.29) is 9.88 Å². The number of aryl methyl sites for hydroxylation is 1. The average molecular weight is 386 g/mol. The third-order valence-corrected chi connectivity index (χ3v) is 4.76. The van der Waals surface area contributed by atoms with Gasteiger partial charge in [-0.05, 0) is 40.5 Å². The van der Waals surface area contributed by atoms with Gasteiger partial charge in [0.1, 0.15) is 9.88 Å². The van der Waals surface area contributed by atoms with Crippen LogP contribution in [0.5, 0.6) is 0 Å². The Balaban J connectivity index is 2.41. The number of hydrogen-bond donors (Lipinski definition) is 2. The number of nitrogens with one attached hydrogen (secondary N) is 1. The Morgan fingerprint density at radius 2 is 2.05 bits per heavy atom. The molecule has 0 fully saturated rings. The summed E-state index contributed by atoms with van der Waals surface area (Å²) < 4.78 is 27.8. The topological polar surface area (TPSA) is 85.1 Å². The molecule has 0 aliphatic rings. The molecular weight excluding hydrogens is 374 g/mol. The summed E-state index contributed by atoms with van der Waals surface area (Å²) in [6.07, 6.45) is 2.79. The fourth-order valence-corrected chi connectivity index (χ4v) is 3.38. The Kier molecular flexibility index (Phi) is 4.60. The Morgan fingerprint density at radius 1 is 1.33 bits per heavy atom. The lowest BCUT2D eigenvalue weighted by Gasteiger charge is -2.12. The van der Waals surface area contributed by atoms with E-state index >= 15 is 0 Å². The van der Waals surface area contributed by atoms with Crippen LogP contribution in [0, 0.1) is 6.92 Å². The SMILES string of the molecule is Cc1ccc(C(N)=S)cc1NS(=O)(=O)c1cncc(Br)c1. The van der Waals surface area contributed by atoms with E-state index in [9.17, 15) is 8.42 Å². The molecular formula is C13H12BrN3O2S2. The molecule has 1 aromatic carbocycles. The summed E-state index contributed by atoms with van der Waals surface area (Å²) in [4.78, 5) is 4.13. The van der Waals surface area contributed by atoms with E-state index < -0.39 is 10.0 Å². The van der Waals surface area contributed by atoms with Gasteiger partial charge in [0.2, 0.25) is 0 Å². The highest BCUT2D eigenvalue weighted by molar-refractivity contribution is 9.10. The van der Waals surface area contributed by atoms with E-state index in [1.54, 1.807) is 25.1 Å². The first kappa shape index (κ1) is 15.9. The first-order valence-corrected chi connectivity index (χ1v) is 8.52. The van der Waals surface area contributed by atoms with Crippen LogP contribution in [0.25, 0.3) is 0 Å². The van der Waals surface area contributed by atoms with Gasteiger partial charge in [-0.3, -0.25) is 9.71 Å². The molecule has 2 aromatic rings. The van der Waals surface area contributed by atoms with Gasteiger partial charge in [-0.25, -0.2) is 8.42 Å². The molecule has 0 aliphatic carbocycles. The molecule has 0 amide bonds. The number of thiocarbonyl (C=S) groups is 1. The summed E-state index contributed by atoms with van der Waals surface area (Å²) in [5.41, 5.74) is 7.36. The lowest BCUT2D eigenvalue weighted by Crippen LogP contribution is -2.15. The maximum Gasteiger partial charge on any atom is 0.263 e. The molecule has 1 aromatic heterocycles. The number of nitrogens with zero attached hydrogens (tertiary/aromatic N) is 1. The fraction of sp³-hybridized carbons (Fsp3) is 0.0769. The van der Waals surface area contributed by atoms with E-state index in [2.05, 4.69) is 25.6 Å². The molecule has 8 heteroatoms. The zero-order chi connectivity index (χ0) is 15.6. The summed E-state index contributed by atoms with van der Waals surface area (Å²) in [5, 5.41) is 0. The van der Waals surface area contributed by atoms with Crippen LogP contribution in [0.2, 0.25) is 0 Å². The first-order chi connectivity index (χ1) is 9.79. The molecule has 5 nitrogen and oxygen atoms in total. The van der Waals surface area contributed by atoms with E-state index in [0.29, 0.717) is 15.7 Å². The van der Waals surface area contributed by atoms with Crippen molar-refractivity contribution in [3.63, 3.8) is 0 Å². The van der Waals surface area contributed by atoms with Gasteiger partial charge >= 0.3 is 0 Å². The largest absolute Gasteiger partial charge is 0.389 e. The number of halogens is 1. The first-order valence-electron chi connectivity index (χ1n) is 5.83. The van der Waals surface area contributed by atoms with Crippen LogP contribution in [0.3, 0.4) is 0 Å². The fourth-order valence-electron chi connectivity index (χ4n) is 1.63. The number of benzene rings is 1. The molecule has 0 saturated carbocycles. The van der Waals surface area contributed by atoms with Gasteiger partial charge in [-0.2, -0.15) is 0 Å². The molecule has 21 heavy (non-hydrogen) atoms. The highest BCUT2D eigenvalue weighted by Gasteiger charge is 2.16. The Hall–Kier alpha value is -1.51. The maximum absolute atomic E-state index is 12.4.